The predicted octanol–water partition coefficient (Wildman–Crippen LogP) is 1.52. The molecule has 0 bridgehead atoms. The third kappa shape index (κ3) is 2.35. The minimum absolute atomic E-state index is 0.0955. The van der Waals surface area contributed by atoms with E-state index in [1.807, 2.05) is 0 Å². The molecule has 0 radical (unpaired) electrons. The van der Waals surface area contributed by atoms with Crippen LogP contribution in [0.4, 0.5) is 0 Å². The number of hydrogen-bond donors (Lipinski definition) is 3. The molecule has 0 amide bonds. The Morgan fingerprint density at radius 3 is 2.54 bits per heavy atom. The lowest BCUT2D eigenvalue weighted by atomic mass is 9.43. The molecular weight excluding hydrogens is 336 g/mol. The third-order valence-electron chi connectivity index (χ3n) is 8.30. The van der Waals surface area contributed by atoms with E-state index in [1.54, 1.807) is 0 Å². The summed E-state index contributed by atoms with van der Waals surface area (Å²) < 4.78 is 10.6. The molecule has 0 aromatic rings. The fourth-order valence-corrected chi connectivity index (χ4v) is 6.19. The highest BCUT2D eigenvalue weighted by Crippen LogP contribution is 2.68. The van der Waals surface area contributed by atoms with E-state index in [0.717, 1.165) is 19.3 Å². The van der Waals surface area contributed by atoms with Crippen molar-refractivity contribution in [2.24, 2.45) is 22.7 Å². The second kappa shape index (κ2) is 5.77. The molecular formula is C20H30O6. The number of rotatable bonds is 3. The van der Waals surface area contributed by atoms with Gasteiger partial charge in [0.05, 0.1) is 12.7 Å². The van der Waals surface area contributed by atoms with Gasteiger partial charge in [0.15, 0.2) is 0 Å². The first kappa shape index (κ1) is 18.4. The van der Waals surface area contributed by atoms with Crippen LogP contribution in [-0.4, -0.2) is 52.0 Å². The number of fused-ring (bicyclic) bond motifs is 2. The molecule has 0 unspecified atom stereocenters. The summed E-state index contributed by atoms with van der Waals surface area (Å²) in [6, 6.07) is 0. The largest absolute Gasteiger partial charge is 0.429 e. The van der Waals surface area contributed by atoms with Crippen LogP contribution in [0.2, 0.25) is 0 Å². The number of epoxide rings is 1. The molecule has 3 fully saturated rings. The first-order valence-electron chi connectivity index (χ1n) is 9.74. The molecule has 0 aromatic carbocycles. The summed E-state index contributed by atoms with van der Waals surface area (Å²) in [6.45, 7) is 7.20. The van der Waals surface area contributed by atoms with Crippen LogP contribution in [0, 0.1) is 22.7 Å². The van der Waals surface area contributed by atoms with Gasteiger partial charge in [0.1, 0.15) is 11.7 Å². The standard InChI is InChI=1S/C20H30O6/c1-11-4-7-19(3)14(9-13(21)16(23)20(19)10-25-20)18(11,2)6-5-12-8-15(22)26-17(12)24/h8,11,13-16,21-23H,4-7,9-10H2,1-3H3/t11-,13+,14-,15-,16+,18-,19-,20-/m1/s1. The topological polar surface area (TPSA) is 99.5 Å². The Morgan fingerprint density at radius 1 is 1.27 bits per heavy atom. The molecule has 0 aromatic heterocycles. The average Bonchev–Trinajstić information content (AvgIpc) is 3.33. The van der Waals surface area contributed by atoms with E-state index in [-0.39, 0.29) is 16.7 Å². The number of carbonyl (C=O) groups is 1. The molecule has 3 N–H and O–H groups in total. The van der Waals surface area contributed by atoms with E-state index in [9.17, 15) is 20.1 Å². The fourth-order valence-electron chi connectivity index (χ4n) is 6.19. The molecule has 2 aliphatic carbocycles. The summed E-state index contributed by atoms with van der Waals surface area (Å²) in [5.74, 6) is 0.192. The molecule has 4 rings (SSSR count). The van der Waals surface area contributed by atoms with E-state index < -0.39 is 30.1 Å². The highest BCUT2D eigenvalue weighted by Gasteiger charge is 2.73. The van der Waals surface area contributed by atoms with Gasteiger partial charge in [-0.1, -0.05) is 20.8 Å². The van der Waals surface area contributed by atoms with Crippen LogP contribution < -0.4 is 0 Å². The smallest absolute Gasteiger partial charge is 0.336 e. The second-order valence-electron chi connectivity index (χ2n) is 9.33. The molecule has 1 saturated heterocycles. The lowest BCUT2D eigenvalue weighted by molar-refractivity contribution is -0.197. The maximum atomic E-state index is 11.9. The van der Waals surface area contributed by atoms with Crippen LogP contribution in [0.5, 0.6) is 0 Å². The maximum absolute atomic E-state index is 11.9. The van der Waals surface area contributed by atoms with Gasteiger partial charge in [-0.3, -0.25) is 0 Å². The average molecular weight is 366 g/mol. The van der Waals surface area contributed by atoms with Crippen molar-refractivity contribution in [3.05, 3.63) is 11.6 Å². The molecule has 4 aliphatic rings. The van der Waals surface area contributed by atoms with E-state index in [0.29, 0.717) is 30.9 Å². The summed E-state index contributed by atoms with van der Waals surface area (Å²) >= 11 is 0. The molecule has 26 heavy (non-hydrogen) atoms. The van der Waals surface area contributed by atoms with Crippen molar-refractivity contribution in [3.63, 3.8) is 0 Å². The Kier molecular flexibility index (Phi) is 4.09. The highest BCUT2D eigenvalue weighted by molar-refractivity contribution is 5.90. The van der Waals surface area contributed by atoms with Gasteiger partial charge in [-0.05, 0) is 55.4 Å². The summed E-state index contributed by atoms with van der Waals surface area (Å²) in [7, 11) is 0. The minimum Gasteiger partial charge on any atom is -0.429 e. The summed E-state index contributed by atoms with van der Waals surface area (Å²) in [6.07, 6.45) is 2.64. The van der Waals surface area contributed by atoms with Crippen molar-refractivity contribution >= 4 is 5.97 Å². The molecule has 6 nitrogen and oxygen atoms in total. The molecule has 2 aliphatic heterocycles. The monoisotopic (exact) mass is 366 g/mol. The SMILES string of the molecule is C[C@@H]1CC[C@]2(C)[C@H](C[C@H](O)[C@H](O)[C@]23CO3)[C@]1(C)CCC1=C[C@H](O)OC1=O. The lowest BCUT2D eigenvalue weighted by Gasteiger charge is -2.61. The van der Waals surface area contributed by atoms with Gasteiger partial charge < -0.3 is 24.8 Å². The Hall–Kier alpha value is -0.950. The Labute approximate surface area is 154 Å². The molecule has 146 valence electrons. The van der Waals surface area contributed by atoms with E-state index in [2.05, 4.69) is 20.8 Å². The number of esters is 1. The van der Waals surface area contributed by atoms with Crippen molar-refractivity contribution in [2.75, 3.05) is 6.61 Å². The summed E-state index contributed by atoms with van der Waals surface area (Å²) in [5.41, 5.74) is -0.371. The van der Waals surface area contributed by atoms with Crippen LogP contribution in [0.25, 0.3) is 0 Å². The zero-order chi connectivity index (χ0) is 18.9. The number of aliphatic hydroxyl groups excluding tert-OH is 3. The van der Waals surface area contributed by atoms with Crippen molar-refractivity contribution in [1.82, 2.24) is 0 Å². The number of cyclic esters (lactones) is 1. The van der Waals surface area contributed by atoms with Crippen molar-refractivity contribution < 1.29 is 29.6 Å². The zero-order valence-corrected chi connectivity index (χ0v) is 15.8. The van der Waals surface area contributed by atoms with Crippen molar-refractivity contribution in [2.45, 2.75) is 77.0 Å². The lowest BCUT2D eigenvalue weighted by Crippen LogP contribution is -2.65. The van der Waals surface area contributed by atoms with Crippen LogP contribution in [0.3, 0.4) is 0 Å². The zero-order valence-electron chi connectivity index (χ0n) is 15.8. The molecule has 2 heterocycles. The Balaban J connectivity index is 1.62. The number of ether oxygens (including phenoxy) is 2. The molecule has 8 atom stereocenters. The van der Waals surface area contributed by atoms with Gasteiger partial charge in [-0.25, -0.2) is 4.79 Å². The fraction of sp³-hybridized carbons (Fsp3) is 0.850. The van der Waals surface area contributed by atoms with Crippen LogP contribution in [0.1, 0.15) is 52.9 Å². The van der Waals surface area contributed by atoms with Crippen LogP contribution in [0.15, 0.2) is 11.6 Å². The normalized spacial score (nSPS) is 53.2. The van der Waals surface area contributed by atoms with E-state index >= 15 is 0 Å². The molecule has 2 saturated carbocycles. The number of aliphatic hydroxyl groups is 3. The summed E-state index contributed by atoms with van der Waals surface area (Å²) in [4.78, 5) is 11.9. The van der Waals surface area contributed by atoms with E-state index in [4.69, 9.17) is 9.47 Å². The maximum Gasteiger partial charge on any atom is 0.336 e. The first-order chi connectivity index (χ1) is 12.1. The van der Waals surface area contributed by atoms with Crippen LogP contribution in [-0.2, 0) is 14.3 Å². The third-order valence-corrected chi connectivity index (χ3v) is 8.30. The second-order valence-corrected chi connectivity index (χ2v) is 9.33. The quantitative estimate of drug-likeness (QED) is 0.517. The highest BCUT2D eigenvalue weighted by atomic mass is 16.6. The van der Waals surface area contributed by atoms with Gasteiger partial charge in [-0.2, -0.15) is 0 Å². The number of carbonyl (C=O) groups excluding carboxylic acids is 1. The Bertz CT molecular complexity index is 640. The van der Waals surface area contributed by atoms with Gasteiger partial charge >= 0.3 is 5.97 Å². The number of hydrogen-bond acceptors (Lipinski definition) is 6. The Morgan fingerprint density at radius 2 is 1.96 bits per heavy atom. The minimum atomic E-state index is -1.13. The first-order valence-corrected chi connectivity index (χ1v) is 9.74. The summed E-state index contributed by atoms with van der Waals surface area (Å²) in [5, 5.41) is 30.6. The van der Waals surface area contributed by atoms with Crippen molar-refractivity contribution in [3.8, 4) is 0 Å². The van der Waals surface area contributed by atoms with Crippen LogP contribution >= 0.6 is 0 Å². The van der Waals surface area contributed by atoms with Crippen molar-refractivity contribution in [1.29, 1.82) is 0 Å². The van der Waals surface area contributed by atoms with E-state index in [1.165, 1.54) is 6.08 Å². The van der Waals surface area contributed by atoms with Gasteiger partial charge in [0, 0.05) is 11.0 Å². The van der Waals surface area contributed by atoms with Gasteiger partial charge in [0.2, 0.25) is 6.29 Å². The van der Waals surface area contributed by atoms with Gasteiger partial charge in [0.25, 0.3) is 0 Å². The predicted molar refractivity (Wildman–Crippen MR) is 92.8 cm³/mol. The van der Waals surface area contributed by atoms with Gasteiger partial charge in [-0.15, -0.1) is 0 Å². The molecule has 1 spiro atoms. The molecule has 6 heteroatoms.